The van der Waals surface area contributed by atoms with Gasteiger partial charge < -0.3 is 5.32 Å². The molecule has 0 spiro atoms. The molecule has 3 aromatic rings. The van der Waals surface area contributed by atoms with E-state index in [1.807, 2.05) is 51.1 Å². The Bertz CT molecular complexity index is 999. The molecule has 0 bridgehead atoms. The number of hydrogen-bond acceptors (Lipinski definition) is 3. The van der Waals surface area contributed by atoms with Gasteiger partial charge in [0, 0.05) is 12.7 Å². The van der Waals surface area contributed by atoms with E-state index in [2.05, 4.69) is 10.4 Å². The van der Waals surface area contributed by atoms with Crippen molar-refractivity contribution in [2.24, 2.45) is 7.05 Å². The highest BCUT2D eigenvalue weighted by Crippen LogP contribution is 2.15. The normalized spacial score (nSPS) is 10.8. The van der Waals surface area contributed by atoms with Gasteiger partial charge in [-0.05, 0) is 56.2 Å². The zero-order valence-corrected chi connectivity index (χ0v) is 14.2. The molecule has 0 saturated heterocycles. The van der Waals surface area contributed by atoms with Crippen LogP contribution < -0.4 is 10.7 Å². The van der Waals surface area contributed by atoms with Gasteiger partial charge in [0.15, 0.2) is 5.69 Å². The Hall–Kier alpha value is -2.95. The van der Waals surface area contributed by atoms with E-state index in [-0.39, 0.29) is 11.1 Å². The van der Waals surface area contributed by atoms with Gasteiger partial charge in [0.25, 0.3) is 5.91 Å². The molecule has 5 heteroatoms. The minimum absolute atomic E-state index is 0.102. The van der Waals surface area contributed by atoms with Gasteiger partial charge in [-0.1, -0.05) is 17.7 Å². The molecule has 3 rings (SSSR count). The summed E-state index contributed by atoms with van der Waals surface area (Å²) < 4.78 is 1.56. The molecule has 5 nitrogen and oxygen atoms in total. The van der Waals surface area contributed by atoms with Crippen LogP contribution >= 0.6 is 0 Å². The maximum atomic E-state index is 12.7. The summed E-state index contributed by atoms with van der Waals surface area (Å²) in [5.74, 6) is -0.496. The van der Waals surface area contributed by atoms with Crippen LogP contribution in [0.3, 0.4) is 0 Å². The second-order valence-corrected chi connectivity index (χ2v) is 6.15. The highest BCUT2D eigenvalue weighted by molar-refractivity contribution is 6.04. The minimum Gasteiger partial charge on any atom is -0.320 e. The summed E-state index contributed by atoms with van der Waals surface area (Å²) in [7, 11) is 1.73. The predicted molar refractivity (Wildman–Crippen MR) is 95.6 cm³/mol. The molecule has 0 unspecified atom stereocenters. The van der Waals surface area contributed by atoms with Crippen molar-refractivity contribution in [3.8, 4) is 0 Å². The topological polar surface area (TPSA) is 64.0 Å². The van der Waals surface area contributed by atoms with Gasteiger partial charge in [0.2, 0.25) is 5.43 Å². The van der Waals surface area contributed by atoms with Gasteiger partial charge in [-0.15, -0.1) is 0 Å². The number of carbonyl (C=O) groups is 1. The monoisotopic (exact) mass is 321 g/mol. The molecule has 0 aliphatic carbocycles. The zero-order valence-electron chi connectivity index (χ0n) is 14.2. The number of amides is 1. The second-order valence-electron chi connectivity index (χ2n) is 6.15. The van der Waals surface area contributed by atoms with Crippen molar-refractivity contribution in [3.05, 3.63) is 69.0 Å². The summed E-state index contributed by atoms with van der Waals surface area (Å²) in [5, 5.41) is 7.43. The molecule has 1 amide bonds. The fourth-order valence-corrected chi connectivity index (χ4v) is 2.88. The van der Waals surface area contributed by atoms with Crippen LogP contribution in [0.1, 0.15) is 27.2 Å². The highest BCUT2D eigenvalue weighted by atomic mass is 16.2. The van der Waals surface area contributed by atoms with Crippen molar-refractivity contribution < 1.29 is 4.79 Å². The smallest absolute Gasteiger partial charge is 0.280 e. The third-order valence-electron chi connectivity index (χ3n) is 3.91. The lowest BCUT2D eigenvalue weighted by molar-refractivity contribution is 0.101. The molecule has 0 aliphatic heterocycles. The Morgan fingerprint density at radius 1 is 1.00 bits per heavy atom. The van der Waals surface area contributed by atoms with Gasteiger partial charge in [0.1, 0.15) is 0 Å². The highest BCUT2D eigenvalue weighted by Gasteiger charge is 2.17. The Balaban J connectivity index is 2.07. The first-order chi connectivity index (χ1) is 11.3. The van der Waals surface area contributed by atoms with E-state index in [4.69, 9.17) is 0 Å². The van der Waals surface area contributed by atoms with Gasteiger partial charge in [-0.25, -0.2) is 0 Å². The van der Waals surface area contributed by atoms with Gasteiger partial charge in [0.05, 0.1) is 10.9 Å². The fourth-order valence-electron chi connectivity index (χ4n) is 2.88. The second kappa shape index (κ2) is 5.92. The SMILES string of the molecule is Cc1cc(C)cc(NC(=O)c2nn(C)c3ccc(C)cc3c2=O)c1. The van der Waals surface area contributed by atoms with E-state index in [9.17, 15) is 9.59 Å². The van der Waals surface area contributed by atoms with E-state index in [0.717, 1.165) is 16.7 Å². The lowest BCUT2D eigenvalue weighted by atomic mass is 10.1. The number of benzene rings is 2. The number of hydrogen-bond donors (Lipinski definition) is 1. The Labute approximate surface area is 139 Å². The number of nitrogens with one attached hydrogen (secondary N) is 1. The molecular formula is C19H19N3O2. The first-order valence-corrected chi connectivity index (χ1v) is 7.72. The number of aryl methyl sites for hydroxylation is 4. The summed E-state index contributed by atoms with van der Waals surface area (Å²) in [6.07, 6.45) is 0. The van der Waals surface area contributed by atoms with Crippen molar-refractivity contribution in [2.45, 2.75) is 20.8 Å². The zero-order chi connectivity index (χ0) is 17.4. The van der Waals surface area contributed by atoms with E-state index < -0.39 is 5.91 Å². The quantitative estimate of drug-likeness (QED) is 0.789. The first kappa shape index (κ1) is 15.9. The van der Waals surface area contributed by atoms with Crippen LogP contribution in [0, 0.1) is 20.8 Å². The Kier molecular flexibility index (Phi) is 3.93. The number of aromatic nitrogens is 2. The van der Waals surface area contributed by atoms with Crippen molar-refractivity contribution >= 4 is 22.5 Å². The van der Waals surface area contributed by atoms with E-state index in [0.29, 0.717) is 16.6 Å². The van der Waals surface area contributed by atoms with Gasteiger partial charge in [-0.2, -0.15) is 5.10 Å². The molecule has 2 aromatic carbocycles. The molecule has 1 heterocycles. The summed E-state index contributed by atoms with van der Waals surface area (Å²) in [4.78, 5) is 25.2. The van der Waals surface area contributed by atoms with Crippen LogP contribution in [0.25, 0.3) is 10.9 Å². The van der Waals surface area contributed by atoms with Crippen molar-refractivity contribution in [1.29, 1.82) is 0 Å². The maximum Gasteiger partial charge on any atom is 0.280 e. The molecule has 24 heavy (non-hydrogen) atoms. The average molecular weight is 321 g/mol. The average Bonchev–Trinajstić information content (AvgIpc) is 2.49. The van der Waals surface area contributed by atoms with Crippen molar-refractivity contribution in [1.82, 2.24) is 9.78 Å². The molecule has 0 fully saturated rings. The lowest BCUT2D eigenvalue weighted by Gasteiger charge is -2.10. The lowest BCUT2D eigenvalue weighted by Crippen LogP contribution is -2.26. The standard InChI is InChI=1S/C19H19N3O2/c1-11-5-6-16-15(10-11)18(23)17(21-22(16)4)19(24)20-14-8-12(2)7-13(3)9-14/h5-10H,1-4H3,(H,20,24). The minimum atomic E-state index is -0.496. The summed E-state index contributed by atoms with van der Waals surface area (Å²) in [5.41, 5.74) is 3.95. The predicted octanol–water partition coefficient (Wildman–Crippen LogP) is 3.11. The summed E-state index contributed by atoms with van der Waals surface area (Å²) >= 11 is 0. The summed E-state index contributed by atoms with van der Waals surface area (Å²) in [6, 6.07) is 11.3. The molecule has 1 aromatic heterocycles. The number of anilines is 1. The van der Waals surface area contributed by atoms with Crippen molar-refractivity contribution in [3.63, 3.8) is 0 Å². The largest absolute Gasteiger partial charge is 0.320 e. The van der Waals surface area contributed by atoms with Crippen LogP contribution in [0.2, 0.25) is 0 Å². The summed E-state index contributed by atoms with van der Waals surface area (Å²) in [6.45, 7) is 5.83. The molecule has 0 atom stereocenters. The number of rotatable bonds is 2. The molecule has 0 saturated carbocycles. The van der Waals surface area contributed by atoms with E-state index in [1.165, 1.54) is 0 Å². The number of nitrogens with zero attached hydrogens (tertiary/aromatic N) is 2. The molecule has 1 N–H and O–H groups in total. The van der Waals surface area contributed by atoms with E-state index >= 15 is 0 Å². The van der Waals surface area contributed by atoms with Gasteiger partial charge >= 0.3 is 0 Å². The van der Waals surface area contributed by atoms with Crippen LogP contribution in [0.4, 0.5) is 5.69 Å². The fraction of sp³-hybridized carbons (Fsp3) is 0.211. The number of fused-ring (bicyclic) bond motifs is 1. The number of carbonyl (C=O) groups excluding carboxylic acids is 1. The van der Waals surface area contributed by atoms with Crippen molar-refractivity contribution in [2.75, 3.05) is 5.32 Å². The van der Waals surface area contributed by atoms with E-state index in [1.54, 1.807) is 17.8 Å². The maximum absolute atomic E-state index is 12.7. The first-order valence-electron chi connectivity index (χ1n) is 7.72. The van der Waals surface area contributed by atoms with Crippen LogP contribution in [0.5, 0.6) is 0 Å². The van der Waals surface area contributed by atoms with Crippen LogP contribution in [0.15, 0.2) is 41.2 Å². The molecule has 0 radical (unpaired) electrons. The Morgan fingerprint density at radius 2 is 1.67 bits per heavy atom. The van der Waals surface area contributed by atoms with Gasteiger partial charge in [-0.3, -0.25) is 14.3 Å². The molecule has 122 valence electrons. The van der Waals surface area contributed by atoms with Crippen LogP contribution in [-0.4, -0.2) is 15.7 Å². The third kappa shape index (κ3) is 2.93. The third-order valence-corrected chi connectivity index (χ3v) is 3.91. The molecule has 0 aliphatic rings. The Morgan fingerprint density at radius 3 is 2.33 bits per heavy atom. The van der Waals surface area contributed by atoms with Crippen LogP contribution in [-0.2, 0) is 7.05 Å². The molecular weight excluding hydrogens is 302 g/mol.